The van der Waals surface area contributed by atoms with Crippen LogP contribution in [0.3, 0.4) is 0 Å². The predicted molar refractivity (Wildman–Crippen MR) is 117 cm³/mol. The molecule has 5 nitrogen and oxygen atoms in total. The van der Waals surface area contributed by atoms with Crippen LogP contribution < -0.4 is 5.32 Å². The van der Waals surface area contributed by atoms with Gasteiger partial charge in [0.1, 0.15) is 6.26 Å². The van der Waals surface area contributed by atoms with Gasteiger partial charge < -0.3 is 14.6 Å². The fourth-order valence-corrected chi connectivity index (χ4v) is 3.44. The van der Waals surface area contributed by atoms with Crippen LogP contribution in [0.4, 0.5) is 0 Å². The number of carbonyl (C=O) groups is 2. The summed E-state index contributed by atoms with van der Waals surface area (Å²) in [6.07, 6.45) is 4.71. The standard InChI is InChI=1S/C25H28N2O3/c1-2-15-27(25(29)22-14-17-30-19-22)16-13-24(28)26-23(21-11-7-4-8-12-21)18-20-9-5-3-6-10-20/h3-12,14,17,19,23H,2,13,15-16,18H2,1H3,(H,26,28). The van der Waals surface area contributed by atoms with Crippen LogP contribution in [0.1, 0.15) is 47.3 Å². The number of carbonyl (C=O) groups excluding carboxylic acids is 2. The summed E-state index contributed by atoms with van der Waals surface area (Å²) in [5.41, 5.74) is 2.74. The van der Waals surface area contributed by atoms with Crippen LogP contribution >= 0.6 is 0 Å². The minimum Gasteiger partial charge on any atom is -0.472 e. The van der Waals surface area contributed by atoms with Crippen LogP contribution in [0.15, 0.2) is 83.7 Å². The fraction of sp³-hybridized carbons (Fsp3) is 0.280. The van der Waals surface area contributed by atoms with Gasteiger partial charge in [-0.25, -0.2) is 0 Å². The van der Waals surface area contributed by atoms with Crippen molar-refractivity contribution in [1.29, 1.82) is 0 Å². The number of hydrogen-bond acceptors (Lipinski definition) is 3. The monoisotopic (exact) mass is 404 g/mol. The molecule has 0 radical (unpaired) electrons. The first-order valence-corrected chi connectivity index (χ1v) is 10.4. The molecule has 156 valence electrons. The molecule has 0 saturated carbocycles. The highest BCUT2D eigenvalue weighted by Gasteiger charge is 2.19. The molecule has 5 heteroatoms. The first kappa shape index (κ1) is 21.4. The van der Waals surface area contributed by atoms with Crippen molar-refractivity contribution in [3.63, 3.8) is 0 Å². The lowest BCUT2D eigenvalue weighted by Gasteiger charge is -2.23. The first-order chi connectivity index (χ1) is 14.7. The van der Waals surface area contributed by atoms with E-state index in [9.17, 15) is 9.59 Å². The van der Waals surface area contributed by atoms with E-state index >= 15 is 0 Å². The Bertz CT molecular complexity index is 908. The van der Waals surface area contributed by atoms with Crippen molar-refractivity contribution in [3.8, 4) is 0 Å². The second-order valence-corrected chi connectivity index (χ2v) is 7.27. The molecule has 0 aliphatic heterocycles. The average molecular weight is 405 g/mol. The smallest absolute Gasteiger partial charge is 0.257 e. The average Bonchev–Trinajstić information content (AvgIpc) is 3.32. The molecule has 1 N–H and O–H groups in total. The molecule has 1 heterocycles. The third kappa shape index (κ3) is 6.08. The van der Waals surface area contributed by atoms with E-state index in [0.717, 1.165) is 17.5 Å². The van der Waals surface area contributed by atoms with E-state index in [2.05, 4.69) is 17.4 Å². The van der Waals surface area contributed by atoms with Gasteiger partial charge in [-0.1, -0.05) is 67.6 Å². The van der Waals surface area contributed by atoms with E-state index < -0.39 is 0 Å². The second kappa shape index (κ2) is 11.0. The number of furan rings is 1. The molecule has 0 aliphatic rings. The van der Waals surface area contributed by atoms with Crippen molar-refractivity contribution in [2.45, 2.75) is 32.2 Å². The SMILES string of the molecule is CCCN(CCC(=O)NC(Cc1ccccc1)c1ccccc1)C(=O)c1ccoc1. The number of nitrogens with one attached hydrogen (secondary N) is 1. The lowest BCUT2D eigenvalue weighted by atomic mass is 9.98. The Morgan fingerprint density at radius 1 is 0.967 bits per heavy atom. The maximum absolute atomic E-state index is 12.8. The van der Waals surface area contributed by atoms with Gasteiger partial charge in [0.05, 0.1) is 17.9 Å². The predicted octanol–water partition coefficient (Wildman–Crippen LogP) is 4.62. The van der Waals surface area contributed by atoms with Gasteiger partial charge in [-0.15, -0.1) is 0 Å². The lowest BCUT2D eigenvalue weighted by molar-refractivity contribution is -0.122. The van der Waals surface area contributed by atoms with E-state index in [1.165, 1.54) is 12.5 Å². The summed E-state index contributed by atoms with van der Waals surface area (Å²) in [4.78, 5) is 27.1. The summed E-state index contributed by atoms with van der Waals surface area (Å²) in [5, 5.41) is 3.16. The van der Waals surface area contributed by atoms with E-state index in [0.29, 0.717) is 25.1 Å². The summed E-state index contributed by atoms with van der Waals surface area (Å²) in [6.45, 7) is 2.99. The van der Waals surface area contributed by atoms with Gasteiger partial charge in [-0.3, -0.25) is 9.59 Å². The number of amides is 2. The number of hydrogen-bond donors (Lipinski definition) is 1. The normalized spacial score (nSPS) is 11.6. The molecular weight excluding hydrogens is 376 g/mol. The Morgan fingerprint density at radius 2 is 1.67 bits per heavy atom. The second-order valence-electron chi connectivity index (χ2n) is 7.27. The quantitative estimate of drug-likeness (QED) is 0.536. The number of benzene rings is 2. The zero-order valence-electron chi connectivity index (χ0n) is 17.3. The largest absolute Gasteiger partial charge is 0.472 e. The maximum atomic E-state index is 12.8. The molecule has 2 amide bonds. The molecule has 2 aromatic carbocycles. The van der Waals surface area contributed by atoms with Gasteiger partial charge in [0, 0.05) is 19.5 Å². The third-order valence-corrected chi connectivity index (χ3v) is 4.98. The van der Waals surface area contributed by atoms with Gasteiger partial charge in [0.15, 0.2) is 0 Å². The van der Waals surface area contributed by atoms with E-state index in [1.54, 1.807) is 11.0 Å². The van der Waals surface area contributed by atoms with Crippen molar-refractivity contribution in [2.75, 3.05) is 13.1 Å². The third-order valence-electron chi connectivity index (χ3n) is 4.98. The molecule has 1 atom stereocenters. The fourth-order valence-electron chi connectivity index (χ4n) is 3.44. The van der Waals surface area contributed by atoms with Gasteiger partial charge in [-0.05, 0) is 30.0 Å². The summed E-state index contributed by atoms with van der Waals surface area (Å²) in [7, 11) is 0. The van der Waals surface area contributed by atoms with Crippen LogP contribution in [0.2, 0.25) is 0 Å². The topological polar surface area (TPSA) is 62.6 Å². The Labute approximate surface area is 177 Å². The van der Waals surface area contributed by atoms with Gasteiger partial charge in [0.25, 0.3) is 5.91 Å². The summed E-state index contributed by atoms with van der Waals surface area (Å²) in [6, 6.07) is 21.6. The molecule has 0 bridgehead atoms. The minimum absolute atomic E-state index is 0.0686. The van der Waals surface area contributed by atoms with Crippen LogP contribution in [-0.2, 0) is 11.2 Å². The van der Waals surface area contributed by atoms with Crippen molar-refractivity contribution >= 4 is 11.8 Å². The van der Waals surface area contributed by atoms with Crippen LogP contribution in [0, 0.1) is 0 Å². The van der Waals surface area contributed by atoms with Gasteiger partial charge in [-0.2, -0.15) is 0 Å². The van der Waals surface area contributed by atoms with Crippen LogP contribution in [0.5, 0.6) is 0 Å². The van der Waals surface area contributed by atoms with Crippen molar-refractivity contribution in [3.05, 3.63) is 95.9 Å². The molecule has 3 rings (SSSR count). The van der Waals surface area contributed by atoms with Gasteiger partial charge >= 0.3 is 0 Å². The highest BCUT2D eigenvalue weighted by atomic mass is 16.3. The molecule has 3 aromatic rings. The maximum Gasteiger partial charge on any atom is 0.257 e. The molecule has 0 spiro atoms. The zero-order valence-corrected chi connectivity index (χ0v) is 17.3. The highest BCUT2D eigenvalue weighted by molar-refractivity contribution is 5.94. The van der Waals surface area contributed by atoms with Gasteiger partial charge in [0.2, 0.25) is 5.91 Å². The molecule has 0 saturated heterocycles. The Hall–Kier alpha value is -3.34. The minimum atomic E-state index is -0.120. The molecule has 30 heavy (non-hydrogen) atoms. The van der Waals surface area contributed by atoms with Crippen molar-refractivity contribution < 1.29 is 14.0 Å². The van der Waals surface area contributed by atoms with Crippen LogP contribution in [-0.4, -0.2) is 29.8 Å². The van der Waals surface area contributed by atoms with E-state index in [1.807, 2.05) is 55.5 Å². The van der Waals surface area contributed by atoms with E-state index in [-0.39, 0.29) is 24.3 Å². The molecular formula is C25H28N2O3. The summed E-state index contributed by atoms with van der Waals surface area (Å²) >= 11 is 0. The summed E-state index contributed by atoms with van der Waals surface area (Å²) < 4.78 is 5.02. The first-order valence-electron chi connectivity index (χ1n) is 10.4. The molecule has 0 fully saturated rings. The van der Waals surface area contributed by atoms with Crippen molar-refractivity contribution in [2.24, 2.45) is 0 Å². The number of nitrogens with zero attached hydrogens (tertiary/aromatic N) is 1. The number of rotatable bonds is 10. The molecule has 1 unspecified atom stereocenters. The summed E-state index contributed by atoms with van der Waals surface area (Å²) in [5.74, 6) is -0.178. The lowest BCUT2D eigenvalue weighted by Crippen LogP contribution is -2.37. The van der Waals surface area contributed by atoms with E-state index in [4.69, 9.17) is 4.42 Å². The Morgan fingerprint density at radius 3 is 2.30 bits per heavy atom. The molecule has 1 aromatic heterocycles. The Kier molecular flexibility index (Phi) is 7.84. The highest BCUT2D eigenvalue weighted by Crippen LogP contribution is 2.18. The van der Waals surface area contributed by atoms with Crippen LogP contribution in [0.25, 0.3) is 0 Å². The Balaban J connectivity index is 1.63. The zero-order chi connectivity index (χ0) is 21.2. The molecule has 0 aliphatic carbocycles. The van der Waals surface area contributed by atoms with Crippen molar-refractivity contribution in [1.82, 2.24) is 10.2 Å².